The molecule has 0 spiro atoms. The van der Waals surface area contributed by atoms with Gasteiger partial charge < -0.3 is 42.5 Å². The third kappa shape index (κ3) is 42.7. The molecule has 124 valence electrons. The van der Waals surface area contributed by atoms with Gasteiger partial charge in [0.25, 0.3) is 0 Å². The summed E-state index contributed by atoms with van der Waals surface area (Å²) in [5.41, 5.74) is 1.08. The van der Waals surface area contributed by atoms with Gasteiger partial charge in [-0.15, -0.1) is 19.9 Å². The van der Waals surface area contributed by atoms with E-state index in [2.05, 4.69) is 18.2 Å². The van der Waals surface area contributed by atoms with Crippen molar-refractivity contribution in [3.05, 3.63) is 66.8 Å². The molecule has 0 heterocycles. The number of benzene rings is 1. The normalized spacial score (nSPS) is 7.09. The SMILES string of the molecule is CC.CC.CC.C[C-]=Cc1[c-]cccc1.[CH-]=CC=[C-]C.[W+2].[W+2]. The predicted molar refractivity (Wildman–Crippen MR) is 95.1 cm³/mol. The topological polar surface area (TPSA) is 0 Å². The molecule has 0 unspecified atom stereocenters. The van der Waals surface area contributed by atoms with Crippen molar-refractivity contribution in [3.63, 3.8) is 0 Å². The van der Waals surface area contributed by atoms with Crippen molar-refractivity contribution in [2.75, 3.05) is 0 Å². The van der Waals surface area contributed by atoms with Crippen LogP contribution >= 0.6 is 0 Å². The minimum absolute atomic E-state index is 0. The largest absolute Gasteiger partial charge is 2.00 e. The van der Waals surface area contributed by atoms with E-state index in [0.29, 0.717) is 0 Å². The Bertz CT molecular complexity index is 288. The standard InChI is InChI=1S/C9H8.C5H6.3C2H6.2W/c1-2-6-9-7-4-3-5-8-9;1-3-5-4-2;3*1-2;;/h3-7H,1H3;1,3,5H,2H3;3*1-2H3;;/q2*-2;;;;2*+2. The molecule has 2 heteroatoms. The Morgan fingerprint density at radius 3 is 1.64 bits per heavy atom. The van der Waals surface area contributed by atoms with E-state index in [1.165, 1.54) is 6.08 Å². The fourth-order valence-corrected chi connectivity index (χ4v) is 0.749. The molecule has 0 aliphatic carbocycles. The van der Waals surface area contributed by atoms with Crippen molar-refractivity contribution in [1.29, 1.82) is 0 Å². The van der Waals surface area contributed by atoms with Gasteiger partial charge in [-0.1, -0.05) is 41.5 Å². The first-order valence-corrected chi connectivity index (χ1v) is 7.36. The first-order valence-electron chi connectivity index (χ1n) is 7.36. The maximum absolute atomic E-state index is 4.90. The van der Waals surface area contributed by atoms with Crippen molar-refractivity contribution < 1.29 is 42.1 Å². The second kappa shape index (κ2) is 49.8. The Morgan fingerprint density at radius 2 is 1.41 bits per heavy atom. The van der Waals surface area contributed by atoms with Gasteiger partial charge in [-0.05, 0) is 0 Å². The average Bonchev–Trinajstić information content (AvgIpc) is 2.56. The number of rotatable bonds is 2. The molecule has 0 atom stereocenters. The summed E-state index contributed by atoms with van der Waals surface area (Å²) in [6.07, 6.45) is 10.6. The molecule has 0 nitrogen and oxygen atoms in total. The van der Waals surface area contributed by atoms with E-state index >= 15 is 0 Å². The maximum atomic E-state index is 4.90. The van der Waals surface area contributed by atoms with E-state index in [-0.39, 0.29) is 42.1 Å². The molecular formula is C20H32W2. The fraction of sp³-hybridized carbons (Fsp3) is 0.400. The predicted octanol–water partition coefficient (Wildman–Crippen LogP) is 6.75. The fourth-order valence-electron chi connectivity index (χ4n) is 0.749. The van der Waals surface area contributed by atoms with Gasteiger partial charge >= 0.3 is 42.1 Å². The molecular weight excluding hydrogens is 608 g/mol. The Hall–Kier alpha value is -0.183. The van der Waals surface area contributed by atoms with Gasteiger partial charge in [0, 0.05) is 0 Å². The van der Waals surface area contributed by atoms with Crippen molar-refractivity contribution in [3.8, 4) is 0 Å². The third-order valence-corrected chi connectivity index (χ3v) is 1.30. The average molecular weight is 640 g/mol. The van der Waals surface area contributed by atoms with Crippen LogP contribution in [0.5, 0.6) is 0 Å². The summed E-state index contributed by atoms with van der Waals surface area (Å²) in [7, 11) is 0. The van der Waals surface area contributed by atoms with E-state index < -0.39 is 0 Å². The summed E-state index contributed by atoms with van der Waals surface area (Å²) in [6.45, 7) is 20.6. The first-order chi connectivity index (χ1) is 9.85. The first kappa shape index (κ1) is 37.8. The Kier molecular flexibility index (Phi) is 85.5. The maximum Gasteiger partial charge on any atom is 2.00 e. The molecule has 0 radical (unpaired) electrons. The van der Waals surface area contributed by atoms with Gasteiger partial charge in [0.05, 0.1) is 0 Å². The molecule has 0 saturated heterocycles. The van der Waals surface area contributed by atoms with Crippen molar-refractivity contribution in [2.45, 2.75) is 55.4 Å². The third-order valence-electron chi connectivity index (χ3n) is 1.30. The molecule has 22 heavy (non-hydrogen) atoms. The summed E-state index contributed by atoms with van der Waals surface area (Å²) in [6, 6.07) is 10.9. The molecule has 0 amide bonds. The van der Waals surface area contributed by atoms with E-state index in [4.69, 9.17) is 6.58 Å². The van der Waals surface area contributed by atoms with Crippen LogP contribution in [0.25, 0.3) is 6.08 Å². The van der Waals surface area contributed by atoms with Crippen LogP contribution in [0.1, 0.15) is 61.0 Å². The molecule has 0 aliphatic heterocycles. The zero-order valence-electron chi connectivity index (χ0n) is 15.4. The molecule has 1 aromatic rings. The van der Waals surface area contributed by atoms with Crippen LogP contribution in [-0.2, 0) is 42.1 Å². The molecule has 0 saturated carbocycles. The van der Waals surface area contributed by atoms with Crippen molar-refractivity contribution in [2.24, 2.45) is 0 Å². The molecule has 0 aliphatic rings. The molecule has 0 fully saturated rings. The quantitative estimate of drug-likeness (QED) is 0.248. The van der Waals surface area contributed by atoms with Gasteiger partial charge in [-0.2, -0.15) is 12.1 Å². The van der Waals surface area contributed by atoms with E-state index in [9.17, 15) is 0 Å². The molecule has 0 bridgehead atoms. The summed E-state index contributed by atoms with van der Waals surface area (Å²) in [5.74, 6) is 0. The smallest absolute Gasteiger partial charge is 0.394 e. The number of hydrogen-bond donors (Lipinski definition) is 0. The zero-order valence-corrected chi connectivity index (χ0v) is 21.3. The second-order valence-electron chi connectivity index (χ2n) is 2.40. The number of hydrogen-bond acceptors (Lipinski definition) is 0. The summed E-state index contributed by atoms with van der Waals surface area (Å²) >= 11 is 0. The Morgan fingerprint density at radius 1 is 0.909 bits per heavy atom. The van der Waals surface area contributed by atoms with Crippen LogP contribution in [0.4, 0.5) is 0 Å². The minimum Gasteiger partial charge on any atom is -0.394 e. The Labute approximate surface area is 169 Å². The minimum atomic E-state index is 0. The van der Waals surface area contributed by atoms with E-state index in [1.54, 1.807) is 13.0 Å². The monoisotopic (exact) mass is 640 g/mol. The molecule has 0 aromatic heterocycles. The number of allylic oxidation sites excluding steroid dienone is 4. The van der Waals surface area contributed by atoms with E-state index in [0.717, 1.165) is 5.56 Å². The van der Waals surface area contributed by atoms with Crippen LogP contribution in [0.2, 0.25) is 0 Å². The van der Waals surface area contributed by atoms with Gasteiger partial charge in [0.1, 0.15) is 0 Å². The van der Waals surface area contributed by atoms with Gasteiger partial charge in [-0.25, -0.2) is 12.1 Å². The van der Waals surface area contributed by atoms with Crippen LogP contribution in [-0.4, -0.2) is 0 Å². The van der Waals surface area contributed by atoms with Crippen LogP contribution < -0.4 is 0 Å². The van der Waals surface area contributed by atoms with Crippen LogP contribution in [0, 0.1) is 24.8 Å². The molecule has 1 aromatic carbocycles. The van der Waals surface area contributed by atoms with Gasteiger partial charge in [-0.3, -0.25) is 0 Å². The van der Waals surface area contributed by atoms with Crippen LogP contribution in [0.3, 0.4) is 0 Å². The van der Waals surface area contributed by atoms with Crippen molar-refractivity contribution >= 4 is 6.08 Å². The Balaban J connectivity index is -0.0000000431. The molecule has 0 N–H and O–H groups in total. The summed E-state index contributed by atoms with van der Waals surface area (Å²) in [5, 5.41) is 0. The van der Waals surface area contributed by atoms with E-state index in [1.807, 2.05) is 78.8 Å². The van der Waals surface area contributed by atoms with Gasteiger partial charge in [0.15, 0.2) is 0 Å². The van der Waals surface area contributed by atoms with Crippen molar-refractivity contribution in [1.82, 2.24) is 0 Å². The molecule has 1 rings (SSSR count). The van der Waals surface area contributed by atoms with Gasteiger partial charge in [0.2, 0.25) is 0 Å². The zero-order chi connectivity index (χ0) is 16.6. The summed E-state index contributed by atoms with van der Waals surface area (Å²) in [4.78, 5) is 0. The summed E-state index contributed by atoms with van der Waals surface area (Å²) < 4.78 is 0. The van der Waals surface area contributed by atoms with Crippen LogP contribution in [0.15, 0.2) is 36.4 Å². The second-order valence-corrected chi connectivity index (χ2v) is 2.40.